The Morgan fingerprint density at radius 3 is 2.84 bits per heavy atom. The van der Waals surface area contributed by atoms with Gasteiger partial charge in [0.1, 0.15) is 11.4 Å². The van der Waals surface area contributed by atoms with Gasteiger partial charge in [-0.05, 0) is 36.1 Å². The first-order valence-electron chi connectivity index (χ1n) is 8.35. The molecule has 4 nitrogen and oxygen atoms in total. The van der Waals surface area contributed by atoms with Crippen LogP contribution >= 0.6 is 0 Å². The third kappa shape index (κ3) is 2.88. The summed E-state index contributed by atoms with van der Waals surface area (Å²) < 4.78 is 47.1. The summed E-state index contributed by atoms with van der Waals surface area (Å²) in [6, 6.07) is 12.6. The molecule has 6 heteroatoms. The summed E-state index contributed by atoms with van der Waals surface area (Å²) in [5, 5.41) is 0. The molecule has 0 N–H and O–H groups in total. The van der Waals surface area contributed by atoms with Gasteiger partial charge in [0.2, 0.25) is 10.0 Å². The van der Waals surface area contributed by atoms with E-state index in [1.165, 1.54) is 10.4 Å². The zero-order valence-corrected chi connectivity index (χ0v) is 14.9. The van der Waals surface area contributed by atoms with Crippen molar-refractivity contribution >= 4 is 10.0 Å². The first kappa shape index (κ1) is 16.7. The molecule has 1 fully saturated rings. The zero-order chi connectivity index (χ0) is 17.7. The topological polar surface area (TPSA) is 46.6 Å². The van der Waals surface area contributed by atoms with Gasteiger partial charge in [-0.3, -0.25) is 0 Å². The molecule has 0 amide bonds. The Balaban J connectivity index is 1.57. The van der Waals surface area contributed by atoms with Gasteiger partial charge < -0.3 is 4.74 Å². The summed E-state index contributed by atoms with van der Waals surface area (Å²) in [4.78, 5) is 0. The lowest BCUT2D eigenvalue weighted by atomic mass is 9.92. The fourth-order valence-corrected chi connectivity index (χ4v) is 5.35. The lowest BCUT2D eigenvalue weighted by Crippen LogP contribution is -2.35. The summed E-state index contributed by atoms with van der Waals surface area (Å²) in [6.45, 7) is 2.97. The van der Waals surface area contributed by atoms with Crippen molar-refractivity contribution in [3.8, 4) is 0 Å². The number of hydrogen-bond donors (Lipinski definition) is 0. The van der Waals surface area contributed by atoms with Gasteiger partial charge in [-0.1, -0.05) is 36.4 Å². The standard InChI is InChI=1S/C19H20FNO3S/c1-14-6-7-16(18(20)10-14)12-25(22,23)21-9-8-19(13-21)17-5-3-2-4-15(17)11-24-19/h2-7,10H,8-9,11-13H2,1H3. The highest BCUT2D eigenvalue weighted by Gasteiger charge is 2.48. The number of sulfonamides is 1. The van der Waals surface area contributed by atoms with E-state index in [0.717, 1.165) is 16.7 Å². The third-order valence-corrected chi connectivity index (χ3v) is 6.92. The molecule has 1 unspecified atom stereocenters. The van der Waals surface area contributed by atoms with E-state index in [1.807, 2.05) is 24.3 Å². The maximum Gasteiger partial charge on any atom is 0.218 e. The van der Waals surface area contributed by atoms with Crippen LogP contribution < -0.4 is 0 Å². The van der Waals surface area contributed by atoms with Crippen molar-refractivity contribution in [1.29, 1.82) is 0 Å². The van der Waals surface area contributed by atoms with Crippen LogP contribution in [0, 0.1) is 12.7 Å². The van der Waals surface area contributed by atoms with Crippen LogP contribution in [0.4, 0.5) is 4.39 Å². The Labute approximate surface area is 147 Å². The molecule has 2 heterocycles. The average molecular weight is 361 g/mol. The van der Waals surface area contributed by atoms with E-state index in [4.69, 9.17) is 4.74 Å². The molecule has 4 rings (SSSR count). The van der Waals surface area contributed by atoms with Crippen LogP contribution in [0.25, 0.3) is 0 Å². The van der Waals surface area contributed by atoms with Gasteiger partial charge in [-0.25, -0.2) is 12.8 Å². The number of ether oxygens (including phenoxy) is 1. The van der Waals surface area contributed by atoms with Crippen LogP contribution in [0.15, 0.2) is 42.5 Å². The molecule has 0 saturated carbocycles. The summed E-state index contributed by atoms with van der Waals surface area (Å²) in [5.41, 5.74) is 2.62. The van der Waals surface area contributed by atoms with Gasteiger partial charge in [0.25, 0.3) is 0 Å². The number of halogens is 1. The molecule has 0 aromatic heterocycles. The number of nitrogens with zero attached hydrogens (tertiary/aromatic N) is 1. The number of hydrogen-bond acceptors (Lipinski definition) is 3. The van der Waals surface area contributed by atoms with E-state index < -0.39 is 21.4 Å². The van der Waals surface area contributed by atoms with Gasteiger partial charge in [-0.2, -0.15) is 4.31 Å². The lowest BCUT2D eigenvalue weighted by molar-refractivity contribution is -0.0255. The smallest absolute Gasteiger partial charge is 0.218 e. The second-order valence-corrected chi connectivity index (χ2v) is 8.84. The summed E-state index contributed by atoms with van der Waals surface area (Å²) in [6.07, 6.45) is 0.625. The normalized spacial score (nSPS) is 23.3. The molecule has 1 atom stereocenters. The summed E-state index contributed by atoms with van der Waals surface area (Å²) >= 11 is 0. The third-order valence-electron chi connectivity index (χ3n) is 5.15. The van der Waals surface area contributed by atoms with Crippen molar-refractivity contribution in [2.24, 2.45) is 0 Å². The molecule has 0 aliphatic carbocycles. The minimum atomic E-state index is -3.60. The van der Waals surface area contributed by atoms with E-state index in [1.54, 1.807) is 19.1 Å². The van der Waals surface area contributed by atoms with E-state index in [2.05, 4.69) is 0 Å². The van der Waals surface area contributed by atoms with Gasteiger partial charge >= 0.3 is 0 Å². The molecule has 2 aliphatic rings. The van der Waals surface area contributed by atoms with Gasteiger partial charge in [0, 0.05) is 18.7 Å². The van der Waals surface area contributed by atoms with Crippen molar-refractivity contribution in [1.82, 2.24) is 4.31 Å². The van der Waals surface area contributed by atoms with Crippen LogP contribution in [0.2, 0.25) is 0 Å². The highest BCUT2D eigenvalue weighted by atomic mass is 32.2. The van der Waals surface area contributed by atoms with Gasteiger partial charge in [0.05, 0.1) is 12.4 Å². The molecular formula is C19H20FNO3S. The zero-order valence-electron chi connectivity index (χ0n) is 14.0. The highest BCUT2D eigenvalue weighted by Crippen LogP contribution is 2.44. The van der Waals surface area contributed by atoms with Crippen LogP contribution in [0.5, 0.6) is 0 Å². The lowest BCUT2D eigenvalue weighted by Gasteiger charge is -2.24. The molecule has 25 heavy (non-hydrogen) atoms. The van der Waals surface area contributed by atoms with E-state index in [0.29, 0.717) is 26.1 Å². The van der Waals surface area contributed by atoms with Crippen molar-refractivity contribution in [3.05, 3.63) is 70.5 Å². The Morgan fingerprint density at radius 2 is 2.04 bits per heavy atom. The van der Waals surface area contributed by atoms with Crippen LogP contribution in [-0.4, -0.2) is 25.8 Å². The number of aryl methyl sites for hydroxylation is 1. The van der Waals surface area contributed by atoms with Crippen molar-refractivity contribution in [2.45, 2.75) is 31.3 Å². The quantitative estimate of drug-likeness (QED) is 0.844. The molecule has 2 aromatic carbocycles. The minimum absolute atomic E-state index is 0.208. The van der Waals surface area contributed by atoms with Gasteiger partial charge in [0.15, 0.2) is 0 Å². The average Bonchev–Trinajstić information content (AvgIpc) is 3.17. The molecule has 1 spiro atoms. The van der Waals surface area contributed by atoms with E-state index in [9.17, 15) is 12.8 Å². The summed E-state index contributed by atoms with van der Waals surface area (Å²) in [7, 11) is -3.60. The number of rotatable bonds is 3. The molecule has 132 valence electrons. The Bertz CT molecular complexity index is 928. The van der Waals surface area contributed by atoms with Crippen molar-refractivity contribution in [2.75, 3.05) is 13.1 Å². The maximum absolute atomic E-state index is 14.1. The first-order valence-corrected chi connectivity index (χ1v) is 9.96. The Hall–Kier alpha value is -1.76. The fourth-order valence-electron chi connectivity index (χ4n) is 3.76. The maximum atomic E-state index is 14.1. The monoisotopic (exact) mass is 361 g/mol. The van der Waals surface area contributed by atoms with Crippen molar-refractivity contribution < 1.29 is 17.5 Å². The summed E-state index contributed by atoms with van der Waals surface area (Å²) in [5.74, 6) is -0.795. The van der Waals surface area contributed by atoms with E-state index >= 15 is 0 Å². The van der Waals surface area contributed by atoms with Crippen LogP contribution in [-0.2, 0) is 32.7 Å². The van der Waals surface area contributed by atoms with Gasteiger partial charge in [-0.15, -0.1) is 0 Å². The number of benzene rings is 2. The first-order chi connectivity index (χ1) is 11.9. The Morgan fingerprint density at radius 1 is 1.24 bits per heavy atom. The molecule has 2 aliphatic heterocycles. The number of fused-ring (bicyclic) bond motifs is 2. The molecule has 0 radical (unpaired) electrons. The van der Waals surface area contributed by atoms with Crippen molar-refractivity contribution in [3.63, 3.8) is 0 Å². The molecule has 0 bridgehead atoms. The fraction of sp³-hybridized carbons (Fsp3) is 0.368. The SMILES string of the molecule is Cc1ccc(CS(=O)(=O)N2CCC3(C2)OCc2ccccc23)c(F)c1. The molecule has 2 aromatic rings. The second kappa shape index (κ2) is 5.90. The Kier molecular flexibility index (Phi) is 3.94. The minimum Gasteiger partial charge on any atom is -0.364 e. The predicted octanol–water partition coefficient (Wildman–Crippen LogP) is 3.10. The van der Waals surface area contributed by atoms with E-state index in [-0.39, 0.29) is 11.3 Å². The second-order valence-electron chi connectivity index (χ2n) is 6.87. The highest BCUT2D eigenvalue weighted by molar-refractivity contribution is 7.88. The van der Waals surface area contributed by atoms with Crippen LogP contribution in [0.1, 0.15) is 28.7 Å². The molecular weight excluding hydrogens is 341 g/mol. The van der Waals surface area contributed by atoms with Crippen LogP contribution in [0.3, 0.4) is 0 Å². The molecule has 1 saturated heterocycles. The predicted molar refractivity (Wildman–Crippen MR) is 92.9 cm³/mol. The largest absolute Gasteiger partial charge is 0.364 e.